The lowest BCUT2D eigenvalue weighted by atomic mass is 10.0. The normalized spacial score (nSPS) is 10.0. The Labute approximate surface area is 104 Å². The van der Waals surface area contributed by atoms with Crippen LogP contribution in [0.3, 0.4) is 0 Å². The Morgan fingerprint density at radius 3 is 2.47 bits per heavy atom. The predicted molar refractivity (Wildman–Crippen MR) is 68.2 cm³/mol. The molecule has 17 heavy (non-hydrogen) atoms. The van der Waals surface area contributed by atoms with Crippen molar-refractivity contribution in [2.75, 3.05) is 14.2 Å². The lowest BCUT2D eigenvalue weighted by Crippen LogP contribution is -1.94. The minimum Gasteiger partial charge on any atom is -0.496 e. The van der Waals surface area contributed by atoms with Crippen molar-refractivity contribution in [1.82, 2.24) is 0 Å². The molecular formula is C13H12O3S. The van der Waals surface area contributed by atoms with E-state index in [0.717, 1.165) is 17.4 Å². The third kappa shape index (κ3) is 2.17. The number of rotatable bonds is 4. The van der Waals surface area contributed by atoms with E-state index in [1.807, 2.05) is 16.8 Å². The molecule has 3 nitrogen and oxygen atoms in total. The lowest BCUT2D eigenvalue weighted by Gasteiger charge is -2.11. The third-order valence-corrected chi connectivity index (χ3v) is 3.19. The summed E-state index contributed by atoms with van der Waals surface area (Å²) in [6.07, 6.45) is 0.786. The van der Waals surface area contributed by atoms with Crippen molar-refractivity contribution in [3.8, 4) is 22.6 Å². The van der Waals surface area contributed by atoms with Gasteiger partial charge in [-0.25, -0.2) is 0 Å². The fraction of sp³-hybridized carbons (Fsp3) is 0.154. The number of benzene rings is 1. The van der Waals surface area contributed by atoms with E-state index < -0.39 is 0 Å². The molecule has 88 valence electrons. The van der Waals surface area contributed by atoms with Crippen LogP contribution in [-0.2, 0) is 0 Å². The summed E-state index contributed by atoms with van der Waals surface area (Å²) in [5.74, 6) is 1.22. The molecule has 2 rings (SSSR count). The third-order valence-electron chi connectivity index (χ3n) is 2.51. The molecule has 0 bridgehead atoms. The van der Waals surface area contributed by atoms with E-state index in [1.54, 1.807) is 30.6 Å². The largest absolute Gasteiger partial charge is 0.496 e. The molecule has 0 aliphatic carbocycles. The van der Waals surface area contributed by atoms with E-state index in [2.05, 4.69) is 0 Å². The van der Waals surface area contributed by atoms with Crippen molar-refractivity contribution in [1.29, 1.82) is 0 Å². The van der Waals surface area contributed by atoms with Crippen LogP contribution in [0.2, 0.25) is 0 Å². The van der Waals surface area contributed by atoms with Crippen LogP contribution in [0.15, 0.2) is 29.0 Å². The summed E-state index contributed by atoms with van der Waals surface area (Å²) in [4.78, 5) is 11.0. The smallest absolute Gasteiger partial charge is 0.153 e. The first-order chi connectivity index (χ1) is 8.30. The van der Waals surface area contributed by atoms with E-state index in [4.69, 9.17) is 9.47 Å². The Kier molecular flexibility index (Phi) is 3.44. The van der Waals surface area contributed by atoms with Gasteiger partial charge >= 0.3 is 0 Å². The highest BCUT2D eigenvalue weighted by molar-refractivity contribution is 7.08. The number of thiophene rings is 1. The number of hydrogen-bond donors (Lipinski definition) is 0. The van der Waals surface area contributed by atoms with Crippen LogP contribution >= 0.6 is 11.3 Å². The number of methoxy groups -OCH3 is 2. The molecule has 1 aromatic heterocycles. The molecule has 4 heteroatoms. The van der Waals surface area contributed by atoms with E-state index in [9.17, 15) is 4.79 Å². The molecule has 1 heterocycles. The Bertz CT molecular complexity index is 518. The summed E-state index contributed by atoms with van der Waals surface area (Å²) in [5.41, 5.74) is 2.46. The molecule has 0 fully saturated rings. The quantitative estimate of drug-likeness (QED) is 0.779. The van der Waals surface area contributed by atoms with Gasteiger partial charge in [0.25, 0.3) is 0 Å². The molecule has 0 amide bonds. The van der Waals surface area contributed by atoms with E-state index in [-0.39, 0.29) is 0 Å². The fourth-order valence-corrected chi connectivity index (χ4v) is 2.31. The first-order valence-corrected chi connectivity index (χ1v) is 5.98. The van der Waals surface area contributed by atoms with Crippen molar-refractivity contribution in [3.63, 3.8) is 0 Å². The van der Waals surface area contributed by atoms with Gasteiger partial charge in [-0.3, -0.25) is 4.79 Å². The van der Waals surface area contributed by atoms with Gasteiger partial charge in [-0.1, -0.05) is 0 Å². The summed E-state index contributed by atoms with van der Waals surface area (Å²) < 4.78 is 10.5. The molecule has 0 spiro atoms. The molecule has 0 atom stereocenters. The van der Waals surface area contributed by atoms with E-state index in [0.29, 0.717) is 17.1 Å². The van der Waals surface area contributed by atoms with Crippen LogP contribution in [0.25, 0.3) is 11.1 Å². The summed E-state index contributed by atoms with van der Waals surface area (Å²) in [6.45, 7) is 0. The molecule has 0 saturated heterocycles. The SMILES string of the molecule is COc1cc(OC)c(-c2ccsc2)cc1C=O. The van der Waals surface area contributed by atoms with Gasteiger partial charge in [0.1, 0.15) is 11.5 Å². The Morgan fingerprint density at radius 1 is 1.18 bits per heavy atom. The number of carbonyl (C=O) groups is 1. The zero-order valence-corrected chi connectivity index (χ0v) is 10.4. The maximum absolute atomic E-state index is 11.0. The second kappa shape index (κ2) is 5.01. The average molecular weight is 248 g/mol. The zero-order chi connectivity index (χ0) is 12.3. The summed E-state index contributed by atoms with van der Waals surface area (Å²) in [6, 6.07) is 5.51. The van der Waals surface area contributed by atoms with Crippen LogP contribution in [0.5, 0.6) is 11.5 Å². The molecular weight excluding hydrogens is 236 g/mol. The Balaban J connectivity index is 2.62. The standard InChI is InChI=1S/C13H12O3S/c1-15-12-6-13(16-2)11(5-10(12)7-14)9-3-4-17-8-9/h3-8H,1-2H3. The number of aldehydes is 1. The molecule has 0 saturated carbocycles. The van der Waals surface area contributed by atoms with E-state index >= 15 is 0 Å². The minimum atomic E-state index is 0.523. The van der Waals surface area contributed by atoms with Gasteiger partial charge in [0.15, 0.2) is 6.29 Å². The molecule has 2 aromatic rings. The second-order valence-corrected chi connectivity index (χ2v) is 4.20. The van der Waals surface area contributed by atoms with Gasteiger partial charge in [0.05, 0.1) is 19.8 Å². The minimum absolute atomic E-state index is 0.523. The van der Waals surface area contributed by atoms with Gasteiger partial charge < -0.3 is 9.47 Å². The number of ether oxygens (including phenoxy) is 2. The molecule has 0 unspecified atom stereocenters. The fourth-order valence-electron chi connectivity index (χ4n) is 1.66. The lowest BCUT2D eigenvalue weighted by molar-refractivity contribution is 0.112. The maximum atomic E-state index is 11.0. The Morgan fingerprint density at radius 2 is 1.94 bits per heavy atom. The molecule has 0 aliphatic rings. The van der Waals surface area contributed by atoms with Crippen LogP contribution < -0.4 is 9.47 Å². The van der Waals surface area contributed by atoms with Crippen LogP contribution in [0.4, 0.5) is 0 Å². The van der Waals surface area contributed by atoms with Crippen molar-refractivity contribution in [2.45, 2.75) is 0 Å². The van der Waals surface area contributed by atoms with Crippen LogP contribution in [-0.4, -0.2) is 20.5 Å². The van der Waals surface area contributed by atoms with Crippen molar-refractivity contribution in [3.05, 3.63) is 34.5 Å². The van der Waals surface area contributed by atoms with Crippen LogP contribution in [0.1, 0.15) is 10.4 Å². The van der Waals surface area contributed by atoms with Crippen molar-refractivity contribution < 1.29 is 14.3 Å². The molecule has 0 radical (unpaired) electrons. The Hall–Kier alpha value is -1.81. The van der Waals surface area contributed by atoms with Gasteiger partial charge in [-0.05, 0) is 28.5 Å². The maximum Gasteiger partial charge on any atom is 0.153 e. The second-order valence-electron chi connectivity index (χ2n) is 3.42. The highest BCUT2D eigenvalue weighted by Crippen LogP contribution is 2.36. The predicted octanol–water partition coefficient (Wildman–Crippen LogP) is 3.24. The van der Waals surface area contributed by atoms with Crippen molar-refractivity contribution >= 4 is 17.6 Å². The number of hydrogen-bond acceptors (Lipinski definition) is 4. The van der Waals surface area contributed by atoms with Gasteiger partial charge in [0, 0.05) is 11.6 Å². The molecule has 0 aliphatic heterocycles. The molecule has 0 N–H and O–H groups in total. The summed E-state index contributed by atoms with van der Waals surface area (Å²) in [7, 11) is 3.14. The van der Waals surface area contributed by atoms with Gasteiger partial charge in [-0.15, -0.1) is 0 Å². The summed E-state index contributed by atoms with van der Waals surface area (Å²) in [5, 5.41) is 4.00. The summed E-state index contributed by atoms with van der Waals surface area (Å²) >= 11 is 1.60. The van der Waals surface area contributed by atoms with Gasteiger partial charge in [-0.2, -0.15) is 11.3 Å². The van der Waals surface area contributed by atoms with E-state index in [1.165, 1.54) is 7.11 Å². The van der Waals surface area contributed by atoms with Crippen molar-refractivity contribution in [2.24, 2.45) is 0 Å². The highest BCUT2D eigenvalue weighted by atomic mass is 32.1. The molecule has 1 aromatic carbocycles. The first kappa shape index (κ1) is 11.7. The monoisotopic (exact) mass is 248 g/mol. The number of carbonyl (C=O) groups excluding carboxylic acids is 1. The zero-order valence-electron chi connectivity index (χ0n) is 9.60. The topological polar surface area (TPSA) is 35.5 Å². The average Bonchev–Trinajstić information content (AvgIpc) is 2.90. The van der Waals surface area contributed by atoms with Gasteiger partial charge in [0.2, 0.25) is 0 Å². The highest BCUT2D eigenvalue weighted by Gasteiger charge is 2.12. The first-order valence-electron chi connectivity index (χ1n) is 5.04. The van der Waals surface area contributed by atoms with Crippen LogP contribution in [0, 0.1) is 0 Å².